The normalized spacial score (nSPS) is 17.3. The lowest BCUT2D eigenvalue weighted by molar-refractivity contribution is -0.120. The molecule has 1 saturated carbocycles. The standard InChI is InChI=1S/C15H19F3N2O2/c16-15(17,18)10-19-11-5-1-2-6-12(11)20-13(21)9-14(22)7-3-4-8-14/h1-2,5-6,19,22H,3-4,7-10H2,(H,20,21). The molecule has 1 aliphatic rings. The average molecular weight is 316 g/mol. The van der Waals surface area contributed by atoms with Gasteiger partial charge in [-0.1, -0.05) is 25.0 Å². The van der Waals surface area contributed by atoms with E-state index in [0.29, 0.717) is 12.8 Å². The number of hydrogen-bond donors (Lipinski definition) is 3. The van der Waals surface area contributed by atoms with Crippen LogP contribution in [0.5, 0.6) is 0 Å². The Balaban J connectivity index is 1.98. The Morgan fingerprint density at radius 3 is 2.36 bits per heavy atom. The summed E-state index contributed by atoms with van der Waals surface area (Å²) < 4.78 is 36.8. The van der Waals surface area contributed by atoms with Gasteiger partial charge in [-0.2, -0.15) is 13.2 Å². The number of para-hydroxylation sites is 2. The number of carbonyl (C=O) groups excluding carboxylic acids is 1. The number of aliphatic hydroxyl groups is 1. The van der Waals surface area contributed by atoms with Crippen molar-refractivity contribution in [3.05, 3.63) is 24.3 Å². The van der Waals surface area contributed by atoms with E-state index < -0.39 is 24.2 Å². The number of nitrogens with one attached hydrogen (secondary N) is 2. The topological polar surface area (TPSA) is 61.4 Å². The Kier molecular flexibility index (Phi) is 4.95. The molecule has 1 amide bonds. The first-order valence-corrected chi connectivity index (χ1v) is 7.19. The summed E-state index contributed by atoms with van der Waals surface area (Å²) in [6, 6.07) is 6.19. The summed E-state index contributed by atoms with van der Waals surface area (Å²) in [6.45, 7) is -1.18. The zero-order valence-electron chi connectivity index (χ0n) is 12.0. The molecule has 0 saturated heterocycles. The van der Waals surface area contributed by atoms with E-state index in [-0.39, 0.29) is 17.8 Å². The molecule has 0 unspecified atom stereocenters. The number of benzene rings is 1. The third kappa shape index (κ3) is 4.91. The number of anilines is 2. The third-order valence-corrected chi connectivity index (χ3v) is 3.70. The monoisotopic (exact) mass is 316 g/mol. The van der Waals surface area contributed by atoms with Crippen LogP contribution in [0.25, 0.3) is 0 Å². The maximum atomic E-state index is 12.3. The molecular weight excluding hydrogens is 297 g/mol. The average Bonchev–Trinajstić information content (AvgIpc) is 2.83. The van der Waals surface area contributed by atoms with Crippen molar-refractivity contribution in [2.24, 2.45) is 0 Å². The molecule has 1 aromatic rings. The van der Waals surface area contributed by atoms with Gasteiger partial charge >= 0.3 is 6.18 Å². The third-order valence-electron chi connectivity index (χ3n) is 3.70. The highest BCUT2D eigenvalue weighted by Crippen LogP contribution is 2.33. The molecule has 22 heavy (non-hydrogen) atoms. The van der Waals surface area contributed by atoms with Crippen LogP contribution in [0.2, 0.25) is 0 Å². The van der Waals surface area contributed by atoms with Crippen LogP contribution >= 0.6 is 0 Å². The van der Waals surface area contributed by atoms with E-state index >= 15 is 0 Å². The van der Waals surface area contributed by atoms with Crippen molar-refractivity contribution in [3.8, 4) is 0 Å². The Morgan fingerprint density at radius 2 is 1.77 bits per heavy atom. The number of halogens is 3. The molecule has 3 N–H and O–H groups in total. The van der Waals surface area contributed by atoms with Gasteiger partial charge in [0.25, 0.3) is 0 Å². The molecule has 1 aliphatic carbocycles. The van der Waals surface area contributed by atoms with Crippen molar-refractivity contribution in [3.63, 3.8) is 0 Å². The fourth-order valence-corrected chi connectivity index (χ4v) is 2.64. The lowest BCUT2D eigenvalue weighted by atomic mass is 9.97. The van der Waals surface area contributed by atoms with Crippen LogP contribution < -0.4 is 10.6 Å². The maximum absolute atomic E-state index is 12.3. The highest BCUT2D eigenvalue weighted by atomic mass is 19.4. The van der Waals surface area contributed by atoms with Crippen LogP contribution in [0.1, 0.15) is 32.1 Å². The lowest BCUT2D eigenvalue weighted by Gasteiger charge is -2.21. The van der Waals surface area contributed by atoms with Gasteiger partial charge in [-0.05, 0) is 25.0 Å². The van der Waals surface area contributed by atoms with E-state index in [2.05, 4.69) is 10.6 Å². The minimum atomic E-state index is -4.34. The second kappa shape index (κ2) is 6.56. The number of carbonyl (C=O) groups is 1. The SMILES string of the molecule is O=C(CC1(O)CCCC1)Nc1ccccc1NCC(F)(F)F. The Bertz CT molecular complexity index is 526. The van der Waals surface area contributed by atoms with Gasteiger partial charge in [-0.3, -0.25) is 4.79 Å². The first kappa shape index (κ1) is 16.6. The summed E-state index contributed by atoms with van der Waals surface area (Å²) in [4.78, 5) is 12.0. The largest absolute Gasteiger partial charge is 0.405 e. The molecular formula is C15H19F3N2O2. The fraction of sp³-hybridized carbons (Fsp3) is 0.533. The zero-order chi connectivity index (χ0) is 16.2. The van der Waals surface area contributed by atoms with Gasteiger partial charge in [-0.25, -0.2) is 0 Å². The van der Waals surface area contributed by atoms with Gasteiger partial charge in [0, 0.05) is 0 Å². The quantitative estimate of drug-likeness (QED) is 0.781. The predicted molar refractivity (Wildman–Crippen MR) is 77.7 cm³/mol. The highest BCUT2D eigenvalue weighted by molar-refractivity contribution is 5.94. The summed E-state index contributed by atoms with van der Waals surface area (Å²) in [5, 5.41) is 15.0. The Morgan fingerprint density at radius 1 is 1.18 bits per heavy atom. The van der Waals surface area contributed by atoms with Gasteiger partial charge in [0.15, 0.2) is 0 Å². The molecule has 1 aromatic carbocycles. The summed E-state index contributed by atoms with van der Waals surface area (Å²) >= 11 is 0. The molecule has 0 spiro atoms. The summed E-state index contributed by atoms with van der Waals surface area (Å²) in [5.74, 6) is -0.398. The van der Waals surface area contributed by atoms with Crippen molar-refractivity contribution < 1.29 is 23.1 Å². The lowest BCUT2D eigenvalue weighted by Crippen LogP contribution is -2.31. The molecule has 0 aliphatic heterocycles. The van der Waals surface area contributed by atoms with Crippen LogP contribution in [-0.4, -0.2) is 29.3 Å². The summed E-state index contributed by atoms with van der Waals surface area (Å²) in [5.41, 5.74) is -0.511. The summed E-state index contributed by atoms with van der Waals surface area (Å²) in [6.07, 6.45) is -1.46. The number of amides is 1. The molecule has 0 radical (unpaired) electrons. The molecule has 0 bridgehead atoms. The van der Waals surface area contributed by atoms with E-state index in [9.17, 15) is 23.1 Å². The zero-order valence-corrected chi connectivity index (χ0v) is 12.0. The van der Waals surface area contributed by atoms with Crippen molar-refractivity contribution >= 4 is 17.3 Å². The molecule has 7 heteroatoms. The summed E-state index contributed by atoms with van der Waals surface area (Å²) in [7, 11) is 0. The highest BCUT2D eigenvalue weighted by Gasteiger charge is 2.33. The second-order valence-corrected chi connectivity index (χ2v) is 5.67. The first-order chi connectivity index (χ1) is 10.3. The molecule has 1 fully saturated rings. The van der Waals surface area contributed by atoms with Crippen LogP contribution in [0, 0.1) is 0 Å². The van der Waals surface area contributed by atoms with Crippen LogP contribution in [0.15, 0.2) is 24.3 Å². The maximum Gasteiger partial charge on any atom is 0.405 e. The van der Waals surface area contributed by atoms with Gasteiger partial charge < -0.3 is 15.7 Å². The van der Waals surface area contributed by atoms with Crippen LogP contribution in [-0.2, 0) is 4.79 Å². The first-order valence-electron chi connectivity index (χ1n) is 7.19. The molecule has 0 heterocycles. The van der Waals surface area contributed by atoms with Crippen molar-refractivity contribution in [1.82, 2.24) is 0 Å². The van der Waals surface area contributed by atoms with E-state index in [1.54, 1.807) is 12.1 Å². The Labute approximate surface area is 126 Å². The van der Waals surface area contributed by atoms with Gasteiger partial charge in [0.2, 0.25) is 5.91 Å². The Hall–Kier alpha value is -1.76. The van der Waals surface area contributed by atoms with Gasteiger partial charge in [0.1, 0.15) is 6.54 Å². The smallest absolute Gasteiger partial charge is 0.389 e. The van der Waals surface area contributed by atoms with Gasteiger partial charge in [-0.15, -0.1) is 0 Å². The number of rotatable bonds is 5. The predicted octanol–water partition coefficient (Wildman–Crippen LogP) is 3.29. The number of alkyl halides is 3. The van der Waals surface area contributed by atoms with E-state index in [1.807, 2.05) is 0 Å². The van der Waals surface area contributed by atoms with Crippen LogP contribution in [0.3, 0.4) is 0 Å². The van der Waals surface area contributed by atoms with E-state index in [1.165, 1.54) is 12.1 Å². The minimum Gasteiger partial charge on any atom is -0.389 e. The fourth-order valence-electron chi connectivity index (χ4n) is 2.64. The number of hydrogen-bond acceptors (Lipinski definition) is 3. The molecule has 0 aromatic heterocycles. The minimum absolute atomic E-state index is 0.0411. The van der Waals surface area contributed by atoms with Crippen LogP contribution in [0.4, 0.5) is 24.5 Å². The van der Waals surface area contributed by atoms with Gasteiger partial charge in [0.05, 0.1) is 23.4 Å². The van der Waals surface area contributed by atoms with E-state index in [0.717, 1.165) is 12.8 Å². The molecule has 0 atom stereocenters. The molecule has 4 nitrogen and oxygen atoms in total. The second-order valence-electron chi connectivity index (χ2n) is 5.67. The van der Waals surface area contributed by atoms with Crippen molar-refractivity contribution in [2.75, 3.05) is 17.2 Å². The van der Waals surface area contributed by atoms with Crippen molar-refractivity contribution in [1.29, 1.82) is 0 Å². The molecule has 2 rings (SSSR count). The van der Waals surface area contributed by atoms with Crippen molar-refractivity contribution in [2.45, 2.75) is 43.9 Å². The molecule has 122 valence electrons. The van der Waals surface area contributed by atoms with E-state index in [4.69, 9.17) is 0 Å².